The number of hydrogen-bond donors (Lipinski definition) is 3. The Hall–Kier alpha value is -2.50. The molecule has 0 amide bonds. The predicted octanol–water partition coefficient (Wildman–Crippen LogP) is 2.14. The number of nitrogens with zero attached hydrogens (tertiary/aromatic N) is 3. The number of rotatable bonds is 2. The molecule has 4 N–H and O–H groups in total. The summed E-state index contributed by atoms with van der Waals surface area (Å²) in [5, 5.41) is 6.88. The molecular weight excluding hydrogens is 252 g/mol. The number of benzene rings is 1. The van der Waals surface area contributed by atoms with Crippen molar-refractivity contribution < 1.29 is 0 Å². The average Bonchev–Trinajstić information content (AvgIpc) is 3.17. The molecule has 0 spiro atoms. The summed E-state index contributed by atoms with van der Waals surface area (Å²) in [6.45, 7) is 2.27. The van der Waals surface area contributed by atoms with E-state index in [1.165, 1.54) is 18.5 Å². The van der Waals surface area contributed by atoms with Crippen LogP contribution in [0.4, 0.5) is 11.4 Å². The number of aromatic amines is 2. The minimum atomic E-state index is 0.601. The summed E-state index contributed by atoms with van der Waals surface area (Å²) in [7, 11) is 0. The Kier molecular flexibility index (Phi) is 2.42. The third-order valence-corrected chi connectivity index (χ3v) is 3.83. The first-order valence-electron chi connectivity index (χ1n) is 6.85. The van der Waals surface area contributed by atoms with Gasteiger partial charge in [0.2, 0.25) is 0 Å². The maximum Gasteiger partial charge on any atom is 0.161 e. The molecule has 1 aromatic carbocycles. The molecule has 1 aliphatic rings. The Balaban J connectivity index is 1.77. The van der Waals surface area contributed by atoms with Crippen molar-refractivity contribution in [2.45, 2.75) is 12.8 Å². The Morgan fingerprint density at radius 3 is 2.80 bits per heavy atom. The first-order valence-corrected chi connectivity index (χ1v) is 6.85. The lowest BCUT2D eigenvalue weighted by molar-refractivity contribution is 0.949. The van der Waals surface area contributed by atoms with Gasteiger partial charge in [0.05, 0.1) is 16.7 Å². The fraction of sp³-hybridized carbons (Fsp3) is 0.286. The highest BCUT2D eigenvalue weighted by Gasteiger charge is 2.15. The highest BCUT2D eigenvalue weighted by molar-refractivity contribution is 5.84. The molecule has 0 aliphatic carbocycles. The summed E-state index contributed by atoms with van der Waals surface area (Å²) in [5.41, 5.74) is 10.3. The molecule has 0 bridgehead atoms. The molecule has 1 saturated heterocycles. The van der Waals surface area contributed by atoms with Gasteiger partial charge in [0, 0.05) is 25.0 Å². The smallest absolute Gasteiger partial charge is 0.161 e. The Labute approximate surface area is 116 Å². The zero-order chi connectivity index (χ0) is 13.5. The van der Waals surface area contributed by atoms with Crippen LogP contribution in [0.5, 0.6) is 0 Å². The van der Waals surface area contributed by atoms with E-state index in [9.17, 15) is 0 Å². The van der Waals surface area contributed by atoms with Crippen molar-refractivity contribution in [3.8, 4) is 11.5 Å². The van der Waals surface area contributed by atoms with Crippen LogP contribution in [0.2, 0.25) is 0 Å². The number of nitrogens with two attached hydrogens (primary N) is 1. The van der Waals surface area contributed by atoms with E-state index in [2.05, 4.69) is 43.3 Å². The van der Waals surface area contributed by atoms with Crippen LogP contribution in [0.1, 0.15) is 12.8 Å². The number of fused-ring (bicyclic) bond motifs is 1. The van der Waals surface area contributed by atoms with Crippen LogP contribution >= 0.6 is 0 Å². The van der Waals surface area contributed by atoms with Gasteiger partial charge >= 0.3 is 0 Å². The van der Waals surface area contributed by atoms with E-state index in [0.717, 1.165) is 24.1 Å². The fourth-order valence-corrected chi connectivity index (χ4v) is 2.77. The van der Waals surface area contributed by atoms with Gasteiger partial charge in [-0.25, -0.2) is 4.98 Å². The monoisotopic (exact) mass is 268 g/mol. The van der Waals surface area contributed by atoms with E-state index in [4.69, 9.17) is 5.73 Å². The zero-order valence-corrected chi connectivity index (χ0v) is 11.1. The highest BCUT2D eigenvalue weighted by atomic mass is 15.2. The van der Waals surface area contributed by atoms with Gasteiger partial charge in [0.25, 0.3) is 0 Å². The van der Waals surface area contributed by atoms with E-state index in [-0.39, 0.29) is 0 Å². The molecule has 3 heterocycles. The molecule has 6 heteroatoms. The van der Waals surface area contributed by atoms with Crippen molar-refractivity contribution in [2.75, 3.05) is 23.7 Å². The maximum absolute atomic E-state index is 5.86. The molecule has 6 nitrogen and oxygen atoms in total. The molecule has 0 atom stereocenters. The molecular formula is C14H16N6. The molecule has 3 aromatic rings. The molecule has 0 unspecified atom stereocenters. The van der Waals surface area contributed by atoms with Gasteiger partial charge < -0.3 is 15.6 Å². The third kappa shape index (κ3) is 1.72. The van der Waals surface area contributed by atoms with Gasteiger partial charge in [0.15, 0.2) is 11.5 Å². The summed E-state index contributed by atoms with van der Waals surface area (Å²) < 4.78 is 0. The average molecular weight is 268 g/mol. The van der Waals surface area contributed by atoms with Crippen LogP contribution in [-0.4, -0.2) is 33.3 Å². The van der Waals surface area contributed by atoms with Gasteiger partial charge in [-0.15, -0.1) is 0 Å². The zero-order valence-electron chi connectivity index (χ0n) is 11.1. The number of imidazole rings is 1. The molecule has 2 aromatic heterocycles. The number of nitrogen functional groups attached to an aromatic ring is 1. The lowest BCUT2D eigenvalue weighted by Crippen LogP contribution is -2.17. The quantitative estimate of drug-likeness (QED) is 0.664. The largest absolute Gasteiger partial charge is 0.396 e. The minimum absolute atomic E-state index is 0.601. The predicted molar refractivity (Wildman–Crippen MR) is 79.5 cm³/mol. The SMILES string of the molecule is Nc1c[nH]nc1-c1nc2cc(N3CCCC3)ccc2[nH]1. The number of anilines is 2. The van der Waals surface area contributed by atoms with Crippen molar-refractivity contribution in [3.63, 3.8) is 0 Å². The van der Waals surface area contributed by atoms with Gasteiger partial charge in [-0.05, 0) is 31.0 Å². The van der Waals surface area contributed by atoms with Gasteiger partial charge in [-0.1, -0.05) is 0 Å². The first-order chi connectivity index (χ1) is 9.81. The minimum Gasteiger partial charge on any atom is -0.396 e. The van der Waals surface area contributed by atoms with E-state index in [1.54, 1.807) is 6.20 Å². The Morgan fingerprint density at radius 2 is 2.05 bits per heavy atom. The molecule has 1 aliphatic heterocycles. The third-order valence-electron chi connectivity index (χ3n) is 3.83. The van der Waals surface area contributed by atoms with Crippen molar-refractivity contribution in [1.29, 1.82) is 0 Å². The topological polar surface area (TPSA) is 86.6 Å². The van der Waals surface area contributed by atoms with Crippen LogP contribution in [0.3, 0.4) is 0 Å². The van der Waals surface area contributed by atoms with Gasteiger partial charge in [0.1, 0.15) is 0 Å². The highest BCUT2D eigenvalue weighted by Crippen LogP contribution is 2.27. The second-order valence-electron chi connectivity index (χ2n) is 5.17. The molecule has 0 saturated carbocycles. The molecule has 20 heavy (non-hydrogen) atoms. The molecule has 0 radical (unpaired) electrons. The summed E-state index contributed by atoms with van der Waals surface area (Å²) in [6, 6.07) is 6.34. The fourth-order valence-electron chi connectivity index (χ4n) is 2.77. The normalized spacial score (nSPS) is 15.3. The van der Waals surface area contributed by atoms with Crippen LogP contribution in [0.25, 0.3) is 22.6 Å². The molecule has 4 rings (SSSR count). The van der Waals surface area contributed by atoms with Crippen LogP contribution < -0.4 is 10.6 Å². The number of nitrogens with one attached hydrogen (secondary N) is 2. The molecule has 102 valence electrons. The van der Waals surface area contributed by atoms with Gasteiger partial charge in [-0.2, -0.15) is 5.10 Å². The Morgan fingerprint density at radius 1 is 1.20 bits per heavy atom. The lowest BCUT2D eigenvalue weighted by atomic mass is 10.2. The number of H-pyrrole nitrogens is 2. The standard InChI is InChI=1S/C14H16N6/c15-10-8-16-19-13(10)14-17-11-4-3-9(7-12(11)18-14)20-5-1-2-6-20/h3-4,7-8H,1-2,5-6,15H2,(H,16,19)(H,17,18). The summed E-state index contributed by atoms with van der Waals surface area (Å²) >= 11 is 0. The van der Waals surface area contributed by atoms with Crippen LogP contribution in [0.15, 0.2) is 24.4 Å². The molecule has 1 fully saturated rings. The van der Waals surface area contributed by atoms with Gasteiger partial charge in [-0.3, -0.25) is 5.10 Å². The number of aromatic nitrogens is 4. The van der Waals surface area contributed by atoms with Crippen molar-refractivity contribution >= 4 is 22.4 Å². The van der Waals surface area contributed by atoms with Crippen molar-refractivity contribution in [2.24, 2.45) is 0 Å². The second kappa shape index (κ2) is 4.26. The lowest BCUT2D eigenvalue weighted by Gasteiger charge is -2.16. The van der Waals surface area contributed by atoms with Crippen molar-refractivity contribution in [3.05, 3.63) is 24.4 Å². The summed E-state index contributed by atoms with van der Waals surface area (Å²) in [5.74, 6) is 0.706. The first kappa shape index (κ1) is 11.3. The van der Waals surface area contributed by atoms with E-state index in [1.807, 2.05) is 0 Å². The van der Waals surface area contributed by atoms with Crippen molar-refractivity contribution in [1.82, 2.24) is 20.2 Å². The van der Waals surface area contributed by atoms with Crippen LogP contribution in [-0.2, 0) is 0 Å². The summed E-state index contributed by atoms with van der Waals surface area (Å²) in [4.78, 5) is 10.3. The second-order valence-corrected chi connectivity index (χ2v) is 5.17. The number of hydrogen-bond acceptors (Lipinski definition) is 4. The summed E-state index contributed by atoms with van der Waals surface area (Å²) in [6.07, 6.45) is 4.21. The van der Waals surface area contributed by atoms with Crippen LogP contribution in [0, 0.1) is 0 Å². The Bertz CT molecular complexity index is 750. The van der Waals surface area contributed by atoms with E-state index < -0.39 is 0 Å². The van der Waals surface area contributed by atoms with E-state index >= 15 is 0 Å². The van der Waals surface area contributed by atoms with E-state index in [0.29, 0.717) is 17.2 Å². The maximum atomic E-state index is 5.86.